The molecule has 3 aromatic carbocycles. The molecule has 0 fully saturated rings. The molecule has 4 rings (SSSR count). The molecule has 0 unspecified atom stereocenters. The van der Waals surface area contributed by atoms with Crippen LogP contribution >= 0.6 is 34.7 Å². The van der Waals surface area contributed by atoms with E-state index in [4.69, 9.17) is 16.3 Å². The summed E-state index contributed by atoms with van der Waals surface area (Å²) in [6.45, 7) is 2.51. The summed E-state index contributed by atoms with van der Waals surface area (Å²) in [5, 5.41) is 6.75. The van der Waals surface area contributed by atoms with Gasteiger partial charge in [-0.05, 0) is 36.8 Å². The van der Waals surface area contributed by atoms with Crippen LogP contribution in [0.3, 0.4) is 0 Å². The largest absolute Gasteiger partial charge is 0.488 e. The van der Waals surface area contributed by atoms with Gasteiger partial charge in [0, 0.05) is 21.5 Å². The molecule has 0 bridgehead atoms. The van der Waals surface area contributed by atoms with Crippen molar-refractivity contribution >= 4 is 46.8 Å². The molecule has 0 aliphatic heterocycles. The van der Waals surface area contributed by atoms with E-state index in [-0.39, 0.29) is 11.7 Å². The third kappa shape index (κ3) is 6.93. The monoisotopic (exact) mass is 507 g/mol. The molecule has 1 amide bonds. The fourth-order valence-electron chi connectivity index (χ4n) is 2.97. The van der Waals surface area contributed by atoms with E-state index in [9.17, 15) is 4.79 Å². The molecule has 1 aromatic heterocycles. The summed E-state index contributed by atoms with van der Waals surface area (Å²) >= 11 is 8.81. The summed E-state index contributed by atoms with van der Waals surface area (Å²) in [6, 6.07) is 23.3. The van der Waals surface area contributed by atoms with Gasteiger partial charge in [0.25, 0.3) is 5.91 Å². The number of aromatic nitrogens is 1. The number of amides is 1. The summed E-state index contributed by atoms with van der Waals surface area (Å²) in [4.78, 5) is 16.8. The van der Waals surface area contributed by atoms with Gasteiger partial charge in [0.2, 0.25) is 0 Å². The number of benzene rings is 3. The minimum atomic E-state index is -0.206. The Balaban J connectivity index is 1.27. The van der Waals surface area contributed by atoms with Crippen molar-refractivity contribution in [1.29, 1.82) is 0 Å². The molecule has 0 saturated heterocycles. The first-order valence-corrected chi connectivity index (χ1v) is 12.7. The van der Waals surface area contributed by atoms with Crippen molar-refractivity contribution < 1.29 is 9.53 Å². The quantitative estimate of drug-likeness (QED) is 0.157. The molecule has 0 spiro atoms. The van der Waals surface area contributed by atoms with Crippen LogP contribution < -0.4 is 10.2 Å². The number of nitrogens with zero attached hydrogens (tertiary/aromatic N) is 2. The van der Waals surface area contributed by atoms with Gasteiger partial charge in [-0.2, -0.15) is 5.10 Å². The molecule has 5 nitrogen and oxygen atoms in total. The molecule has 8 heteroatoms. The van der Waals surface area contributed by atoms with Crippen LogP contribution in [0.25, 0.3) is 11.3 Å². The Kier molecular flexibility index (Phi) is 8.36. The van der Waals surface area contributed by atoms with Crippen molar-refractivity contribution in [3.8, 4) is 17.0 Å². The average Bonchev–Trinajstić information content (AvgIpc) is 3.33. The summed E-state index contributed by atoms with van der Waals surface area (Å²) < 4.78 is 6.77. The highest BCUT2D eigenvalue weighted by molar-refractivity contribution is 8.01. The van der Waals surface area contributed by atoms with Crippen LogP contribution in [0.2, 0.25) is 5.02 Å². The number of rotatable bonds is 9. The van der Waals surface area contributed by atoms with Gasteiger partial charge in [0.15, 0.2) is 4.34 Å². The van der Waals surface area contributed by atoms with Crippen LogP contribution in [0.5, 0.6) is 5.75 Å². The second kappa shape index (κ2) is 11.8. The van der Waals surface area contributed by atoms with E-state index in [1.807, 2.05) is 66.0 Å². The smallest absolute Gasteiger partial charge is 0.250 e. The maximum atomic E-state index is 12.2. The molecule has 0 aliphatic carbocycles. The Bertz CT molecular complexity index is 1270. The Labute approximate surface area is 211 Å². The van der Waals surface area contributed by atoms with E-state index in [1.165, 1.54) is 28.7 Å². The van der Waals surface area contributed by atoms with Crippen LogP contribution in [-0.4, -0.2) is 22.9 Å². The fourth-order valence-corrected chi connectivity index (χ4v) is 4.73. The molecule has 1 N–H and O–H groups in total. The lowest BCUT2D eigenvalue weighted by Crippen LogP contribution is -2.19. The minimum Gasteiger partial charge on any atom is -0.488 e. The molecular weight excluding hydrogens is 486 g/mol. The number of hydrogen-bond acceptors (Lipinski definition) is 6. The number of carbonyl (C=O) groups excluding carboxylic acids is 1. The van der Waals surface area contributed by atoms with Crippen molar-refractivity contribution in [2.45, 2.75) is 17.9 Å². The van der Waals surface area contributed by atoms with E-state index in [1.54, 1.807) is 6.21 Å². The van der Waals surface area contributed by atoms with Crippen LogP contribution in [-0.2, 0) is 11.4 Å². The Hall–Kier alpha value is -3.13. The molecule has 0 aliphatic rings. The molecule has 172 valence electrons. The van der Waals surface area contributed by atoms with E-state index in [0.717, 1.165) is 26.7 Å². The molecule has 4 aromatic rings. The van der Waals surface area contributed by atoms with Crippen LogP contribution in [0.4, 0.5) is 0 Å². The molecule has 34 heavy (non-hydrogen) atoms. The minimum absolute atomic E-state index is 0.206. The number of para-hydroxylation sites is 1. The first-order chi connectivity index (χ1) is 16.6. The standard InChI is InChI=1S/C26H22ClN3O2S2/c1-18-6-8-19(9-7-18)15-32-24-5-3-2-4-21(24)14-28-30-25(31)17-34-26-29-23(16-33-26)20-10-12-22(27)13-11-20/h2-14,16H,15,17H2,1H3,(H,30,31)/b28-14+. The van der Waals surface area contributed by atoms with Gasteiger partial charge in [-0.3, -0.25) is 4.79 Å². The van der Waals surface area contributed by atoms with Gasteiger partial charge < -0.3 is 4.74 Å². The zero-order valence-electron chi connectivity index (χ0n) is 18.4. The fraction of sp³-hybridized carbons (Fsp3) is 0.115. The lowest BCUT2D eigenvalue weighted by Gasteiger charge is -2.09. The van der Waals surface area contributed by atoms with E-state index in [0.29, 0.717) is 17.4 Å². The first kappa shape index (κ1) is 24.0. The maximum absolute atomic E-state index is 12.2. The number of thioether (sulfide) groups is 1. The second-order valence-corrected chi connectivity index (χ2v) is 9.92. The highest BCUT2D eigenvalue weighted by Crippen LogP contribution is 2.28. The summed E-state index contributed by atoms with van der Waals surface area (Å²) in [6.07, 6.45) is 1.59. The van der Waals surface area contributed by atoms with Gasteiger partial charge in [-0.15, -0.1) is 11.3 Å². The Morgan fingerprint density at radius 3 is 2.68 bits per heavy atom. The van der Waals surface area contributed by atoms with Gasteiger partial charge in [-0.1, -0.05) is 77.5 Å². The van der Waals surface area contributed by atoms with Crippen LogP contribution in [0.15, 0.2) is 87.6 Å². The van der Waals surface area contributed by atoms with Crippen molar-refractivity contribution in [3.05, 3.63) is 99.9 Å². The normalized spacial score (nSPS) is 11.0. The van der Waals surface area contributed by atoms with E-state index >= 15 is 0 Å². The number of hydrogen-bond donors (Lipinski definition) is 1. The molecule has 1 heterocycles. The third-order valence-electron chi connectivity index (χ3n) is 4.78. The van der Waals surface area contributed by atoms with Gasteiger partial charge >= 0.3 is 0 Å². The van der Waals surface area contributed by atoms with Gasteiger partial charge in [-0.25, -0.2) is 10.4 Å². The number of ether oxygens (including phenoxy) is 1. The third-order valence-corrected chi connectivity index (χ3v) is 7.05. The number of aryl methyl sites for hydroxylation is 1. The topological polar surface area (TPSA) is 63.6 Å². The highest BCUT2D eigenvalue weighted by atomic mass is 35.5. The Morgan fingerprint density at radius 1 is 1.12 bits per heavy atom. The van der Waals surface area contributed by atoms with Crippen molar-refractivity contribution in [2.75, 3.05) is 5.75 Å². The van der Waals surface area contributed by atoms with Crippen LogP contribution in [0.1, 0.15) is 16.7 Å². The number of nitrogens with one attached hydrogen (secondary N) is 1. The van der Waals surface area contributed by atoms with E-state index < -0.39 is 0 Å². The zero-order chi connectivity index (χ0) is 23.8. The molecule has 0 radical (unpaired) electrons. The van der Waals surface area contributed by atoms with Gasteiger partial charge in [0.1, 0.15) is 12.4 Å². The number of thiazole rings is 1. The van der Waals surface area contributed by atoms with E-state index in [2.05, 4.69) is 34.6 Å². The number of carbonyl (C=O) groups is 1. The molecular formula is C26H22ClN3O2S2. The predicted octanol–water partition coefficient (Wildman–Crippen LogP) is 6.59. The predicted molar refractivity (Wildman–Crippen MR) is 141 cm³/mol. The number of hydrazone groups is 1. The second-order valence-electron chi connectivity index (χ2n) is 7.40. The van der Waals surface area contributed by atoms with Crippen molar-refractivity contribution in [2.24, 2.45) is 5.10 Å². The highest BCUT2D eigenvalue weighted by Gasteiger charge is 2.08. The average molecular weight is 508 g/mol. The number of halogens is 1. The SMILES string of the molecule is Cc1ccc(COc2ccccc2/C=N/NC(=O)CSc2nc(-c3ccc(Cl)cc3)cs2)cc1. The lowest BCUT2D eigenvalue weighted by atomic mass is 10.1. The van der Waals surface area contributed by atoms with Crippen LogP contribution in [0, 0.1) is 6.92 Å². The molecule has 0 atom stereocenters. The van der Waals surface area contributed by atoms with Gasteiger partial charge in [0.05, 0.1) is 17.7 Å². The van der Waals surface area contributed by atoms with Crippen molar-refractivity contribution in [1.82, 2.24) is 10.4 Å². The summed E-state index contributed by atoms with van der Waals surface area (Å²) in [7, 11) is 0. The summed E-state index contributed by atoms with van der Waals surface area (Å²) in [5.41, 5.74) is 7.51. The summed E-state index contributed by atoms with van der Waals surface area (Å²) in [5.74, 6) is 0.715. The molecule has 0 saturated carbocycles. The zero-order valence-corrected chi connectivity index (χ0v) is 20.8. The Morgan fingerprint density at radius 2 is 1.88 bits per heavy atom. The maximum Gasteiger partial charge on any atom is 0.250 e. The van der Waals surface area contributed by atoms with Crippen molar-refractivity contribution in [3.63, 3.8) is 0 Å². The lowest BCUT2D eigenvalue weighted by molar-refractivity contribution is -0.118. The first-order valence-electron chi connectivity index (χ1n) is 10.5.